The molecule has 1 rings (SSSR count). The zero-order chi connectivity index (χ0) is 8.97. The molecule has 0 aliphatic carbocycles. The van der Waals surface area contributed by atoms with Gasteiger partial charge in [0.2, 0.25) is 11.9 Å². The van der Waals surface area contributed by atoms with E-state index in [1.807, 2.05) is 0 Å². The predicted octanol–water partition coefficient (Wildman–Crippen LogP) is -0.775. The van der Waals surface area contributed by atoms with Crippen molar-refractivity contribution >= 4 is 11.9 Å². The average molecular weight is 169 g/mol. The zero-order valence-electron chi connectivity index (χ0n) is 6.82. The van der Waals surface area contributed by atoms with E-state index in [9.17, 15) is 0 Å². The third-order valence-corrected chi connectivity index (χ3v) is 1.25. The fraction of sp³-hybridized carbons (Fsp3) is 0.500. The summed E-state index contributed by atoms with van der Waals surface area (Å²) in [4.78, 5) is 11.4. The highest BCUT2D eigenvalue weighted by atomic mass is 16.5. The Balaban J connectivity index is 2.72. The lowest BCUT2D eigenvalue weighted by Crippen LogP contribution is -2.08. The van der Waals surface area contributed by atoms with E-state index in [1.54, 1.807) is 7.11 Å². The Morgan fingerprint density at radius 3 is 2.25 bits per heavy atom. The molecule has 1 aromatic heterocycles. The number of anilines is 2. The molecule has 6 heteroatoms. The van der Waals surface area contributed by atoms with Crippen LogP contribution in [0.3, 0.4) is 0 Å². The lowest BCUT2D eigenvalue weighted by Gasteiger charge is -2.00. The Morgan fingerprint density at radius 2 is 1.75 bits per heavy atom. The van der Waals surface area contributed by atoms with Crippen molar-refractivity contribution in [3.05, 3.63) is 5.82 Å². The van der Waals surface area contributed by atoms with Gasteiger partial charge in [0.15, 0.2) is 0 Å². The summed E-state index contributed by atoms with van der Waals surface area (Å²) in [5.41, 5.74) is 10.7. The van der Waals surface area contributed by atoms with Gasteiger partial charge in [-0.05, 0) is 0 Å². The van der Waals surface area contributed by atoms with Gasteiger partial charge in [0.05, 0.1) is 6.61 Å². The van der Waals surface area contributed by atoms with Gasteiger partial charge in [0.25, 0.3) is 0 Å². The first-order valence-corrected chi connectivity index (χ1v) is 3.47. The number of methoxy groups -OCH3 is 1. The molecule has 0 saturated carbocycles. The Bertz CT molecular complexity index is 244. The largest absolute Gasteiger partial charge is 0.384 e. The van der Waals surface area contributed by atoms with E-state index in [0.717, 1.165) is 0 Å². The van der Waals surface area contributed by atoms with E-state index in [1.165, 1.54) is 0 Å². The van der Waals surface area contributed by atoms with Crippen LogP contribution in [-0.4, -0.2) is 28.7 Å². The lowest BCUT2D eigenvalue weighted by atomic mass is 10.4. The molecule has 0 aliphatic heterocycles. The number of rotatable bonds is 3. The number of ether oxygens (including phenoxy) is 1. The summed E-state index contributed by atoms with van der Waals surface area (Å²) >= 11 is 0. The fourth-order valence-corrected chi connectivity index (χ4v) is 0.762. The first kappa shape index (κ1) is 8.66. The average Bonchev–Trinajstić information content (AvgIpc) is 1.99. The maximum atomic E-state index is 5.35. The summed E-state index contributed by atoms with van der Waals surface area (Å²) in [5, 5.41) is 0. The standard InChI is InChI=1S/C6H11N5O/c1-12-3-2-4-9-5(7)11-6(8)10-4/h2-3H2,1H3,(H4,7,8,9,10,11). The van der Waals surface area contributed by atoms with Crippen molar-refractivity contribution in [1.82, 2.24) is 15.0 Å². The molecular formula is C6H11N5O. The number of nitrogens with two attached hydrogens (primary N) is 2. The van der Waals surface area contributed by atoms with Crippen LogP contribution in [0.25, 0.3) is 0 Å². The molecule has 1 aromatic rings. The number of nitrogen functional groups attached to an aromatic ring is 2. The smallest absolute Gasteiger partial charge is 0.225 e. The van der Waals surface area contributed by atoms with Crippen molar-refractivity contribution in [2.45, 2.75) is 6.42 Å². The molecule has 0 spiro atoms. The highest BCUT2D eigenvalue weighted by Gasteiger charge is 2.00. The van der Waals surface area contributed by atoms with E-state index >= 15 is 0 Å². The topological polar surface area (TPSA) is 99.9 Å². The van der Waals surface area contributed by atoms with Crippen molar-refractivity contribution in [3.63, 3.8) is 0 Å². The molecule has 0 fully saturated rings. The highest BCUT2D eigenvalue weighted by Crippen LogP contribution is 1.98. The molecule has 0 aliphatic rings. The first-order chi connectivity index (χ1) is 5.72. The monoisotopic (exact) mass is 169 g/mol. The molecule has 0 saturated heterocycles. The van der Waals surface area contributed by atoms with Gasteiger partial charge in [-0.1, -0.05) is 0 Å². The van der Waals surface area contributed by atoms with Gasteiger partial charge in [-0.25, -0.2) is 0 Å². The van der Waals surface area contributed by atoms with E-state index in [-0.39, 0.29) is 11.9 Å². The summed E-state index contributed by atoms with van der Waals surface area (Å²) in [7, 11) is 1.61. The van der Waals surface area contributed by atoms with Crippen molar-refractivity contribution in [2.24, 2.45) is 0 Å². The quantitative estimate of drug-likeness (QED) is 0.616. The van der Waals surface area contributed by atoms with Gasteiger partial charge >= 0.3 is 0 Å². The molecule has 0 amide bonds. The van der Waals surface area contributed by atoms with Crippen molar-refractivity contribution in [1.29, 1.82) is 0 Å². The van der Waals surface area contributed by atoms with E-state index in [4.69, 9.17) is 16.2 Å². The van der Waals surface area contributed by atoms with E-state index in [0.29, 0.717) is 18.9 Å². The minimum absolute atomic E-state index is 0.147. The number of hydrogen-bond acceptors (Lipinski definition) is 6. The van der Waals surface area contributed by atoms with Gasteiger partial charge in [0, 0.05) is 13.5 Å². The van der Waals surface area contributed by atoms with E-state index < -0.39 is 0 Å². The summed E-state index contributed by atoms with van der Waals surface area (Å²) in [5.74, 6) is 0.851. The third kappa shape index (κ3) is 2.31. The van der Waals surface area contributed by atoms with Gasteiger partial charge in [-0.2, -0.15) is 15.0 Å². The molecule has 6 nitrogen and oxygen atoms in total. The summed E-state index contributed by atoms with van der Waals surface area (Å²) in [6.45, 7) is 0.545. The number of aromatic nitrogens is 3. The van der Waals surface area contributed by atoms with E-state index in [2.05, 4.69) is 15.0 Å². The van der Waals surface area contributed by atoms with Crippen LogP contribution in [0.4, 0.5) is 11.9 Å². The third-order valence-electron chi connectivity index (χ3n) is 1.25. The van der Waals surface area contributed by atoms with Crippen LogP contribution in [0, 0.1) is 0 Å². The Kier molecular flexibility index (Phi) is 2.76. The maximum Gasteiger partial charge on any atom is 0.225 e. The van der Waals surface area contributed by atoms with Crippen LogP contribution in [-0.2, 0) is 11.2 Å². The van der Waals surface area contributed by atoms with Gasteiger partial charge in [-0.3, -0.25) is 0 Å². The molecule has 0 unspecified atom stereocenters. The summed E-state index contributed by atoms with van der Waals surface area (Å²) in [6, 6.07) is 0. The normalized spacial score (nSPS) is 10.1. The van der Waals surface area contributed by atoms with Crippen LogP contribution in [0.1, 0.15) is 5.82 Å². The van der Waals surface area contributed by atoms with Crippen LogP contribution in [0.15, 0.2) is 0 Å². The minimum atomic E-state index is 0.147. The highest BCUT2D eigenvalue weighted by molar-refractivity contribution is 5.25. The second-order valence-corrected chi connectivity index (χ2v) is 2.21. The van der Waals surface area contributed by atoms with Crippen LogP contribution >= 0.6 is 0 Å². The molecule has 12 heavy (non-hydrogen) atoms. The number of nitrogens with zero attached hydrogens (tertiary/aromatic N) is 3. The van der Waals surface area contributed by atoms with Crippen LogP contribution in [0.5, 0.6) is 0 Å². The Morgan fingerprint density at radius 1 is 1.17 bits per heavy atom. The number of hydrogen-bond donors (Lipinski definition) is 2. The molecule has 66 valence electrons. The molecule has 0 aromatic carbocycles. The Labute approximate surface area is 70.0 Å². The Hall–Kier alpha value is -1.43. The zero-order valence-corrected chi connectivity index (χ0v) is 6.82. The summed E-state index contributed by atoms with van der Waals surface area (Å²) in [6.07, 6.45) is 0.591. The molecule has 1 heterocycles. The van der Waals surface area contributed by atoms with Crippen molar-refractivity contribution in [2.75, 3.05) is 25.2 Å². The first-order valence-electron chi connectivity index (χ1n) is 3.47. The second kappa shape index (κ2) is 3.82. The predicted molar refractivity (Wildman–Crippen MR) is 44.2 cm³/mol. The van der Waals surface area contributed by atoms with Gasteiger partial charge in [-0.15, -0.1) is 0 Å². The summed E-state index contributed by atoms with van der Waals surface area (Å²) < 4.78 is 4.84. The lowest BCUT2D eigenvalue weighted by molar-refractivity contribution is 0.200. The van der Waals surface area contributed by atoms with Crippen molar-refractivity contribution in [3.8, 4) is 0 Å². The fourth-order valence-electron chi connectivity index (χ4n) is 0.762. The molecular weight excluding hydrogens is 158 g/mol. The van der Waals surface area contributed by atoms with Gasteiger partial charge < -0.3 is 16.2 Å². The molecule has 0 radical (unpaired) electrons. The minimum Gasteiger partial charge on any atom is -0.384 e. The maximum absolute atomic E-state index is 5.35. The SMILES string of the molecule is COCCc1nc(N)nc(N)n1. The molecule has 0 atom stereocenters. The second-order valence-electron chi connectivity index (χ2n) is 2.21. The van der Waals surface area contributed by atoms with Crippen molar-refractivity contribution < 1.29 is 4.74 Å². The molecule has 4 N–H and O–H groups in total. The molecule has 0 bridgehead atoms. The van der Waals surface area contributed by atoms with Crippen LogP contribution in [0.2, 0.25) is 0 Å². The van der Waals surface area contributed by atoms with Gasteiger partial charge in [0.1, 0.15) is 5.82 Å². The van der Waals surface area contributed by atoms with Crippen LogP contribution < -0.4 is 11.5 Å².